The number of benzene rings is 1. The number of nitrogens with zero attached hydrogens (tertiary/aromatic N) is 1. The van der Waals surface area contributed by atoms with Gasteiger partial charge in [0.05, 0.1) is 6.26 Å². The minimum Gasteiger partial charge on any atom is -0.469 e. The zero-order chi connectivity index (χ0) is 16.9. The summed E-state index contributed by atoms with van der Waals surface area (Å²) < 4.78 is 46.3. The Balaban J connectivity index is 1.96. The molecule has 0 aliphatic rings. The zero-order valence-corrected chi connectivity index (χ0v) is 12.5. The minimum absolute atomic E-state index is 0.0310. The fraction of sp³-hybridized carbons (Fsp3) is 0.312. The lowest BCUT2D eigenvalue weighted by Gasteiger charge is -2.19. The first-order valence-electron chi connectivity index (χ1n) is 6.95. The van der Waals surface area contributed by atoms with Crippen LogP contribution < -0.4 is 4.74 Å². The van der Waals surface area contributed by atoms with Crippen molar-refractivity contribution >= 4 is 5.91 Å². The topological polar surface area (TPSA) is 42.7 Å². The Kier molecular flexibility index (Phi) is 5.31. The van der Waals surface area contributed by atoms with Crippen LogP contribution in [0, 0.1) is 0 Å². The van der Waals surface area contributed by atoms with E-state index < -0.39 is 6.36 Å². The van der Waals surface area contributed by atoms with Crippen LogP contribution in [-0.2, 0) is 17.8 Å². The molecule has 2 aromatic rings. The van der Waals surface area contributed by atoms with E-state index in [2.05, 4.69) is 4.74 Å². The molecular weight excluding hydrogens is 311 g/mol. The van der Waals surface area contributed by atoms with E-state index in [1.807, 2.05) is 0 Å². The van der Waals surface area contributed by atoms with Gasteiger partial charge in [0.1, 0.15) is 11.5 Å². The standard InChI is InChI=1S/C16H16F3NO3/c1-20(15(21)9-8-13-6-4-10-22-13)11-12-5-2-3-7-14(12)23-16(17,18)19/h2-7,10H,8-9,11H2,1H3. The Morgan fingerprint density at radius 3 is 2.61 bits per heavy atom. The molecule has 0 aliphatic heterocycles. The summed E-state index contributed by atoms with van der Waals surface area (Å²) in [6.07, 6.45) is -2.59. The van der Waals surface area contributed by atoms with Crippen LogP contribution >= 0.6 is 0 Å². The van der Waals surface area contributed by atoms with Crippen LogP contribution in [0.2, 0.25) is 0 Å². The lowest BCUT2D eigenvalue weighted by atomic mass is 10.1. The summed E-state index contributed by atoms with van der Waals surface area (Å²) in [6.45, 7) is 0.0310. The third-order valence-electron chi connectivity index (χ3n) is 3.20. The number of furan rings is 1. The average Bonchev–Trinajstić information content (AvgIpc) is 2.98. The summed E-state index contributed by atoms with van der Waals surface area (Å²) in [6, 6.07) is 9.26. The molecule has 1 aromatic heterocycles. The number of hydrogen-bond donors (Lipinski definition) is 0. The van der Waals surface area contributed by atoms with E-state index in [9.17, 15) is 18.0 Å². The van der Waals surface area contributed by atoms with E-state index in [1.54, 1.807) is 18.2 Å². The van der Waals surface area contributed by atoms with Crippen molar-refractivity contribution in [1.82, 2.24) is 4.90 Å². The van der Waals surface area contributed by atoms with Crippen LogP contribution in [0.1, 0.15) is 17.7 Å². The molecule has 4 nitrogen and oxygen atoms in total. The van der Waals surface area contributed by atoms with Gasteiger partial charge in [-0.2, -0.15) is 0 Å². The first-order chi connectivity index (χ1) is 10.8. The van der Waals surface area contributed by atoms with E-state index >= 15 is 0 Å². The van der Waals surface area contributed by atoms with Crippen molar-refractivity contribution in [2.75, 3.05) is 7.05 Å². The second kappa shape index (κ2) is 7.21. The lowest BCUT2D eigenvalue weighted by molar-refractivity contribution is -0.275. The number of alkyl halides is 3. The molecule has 0 N–H and O–H groups in total. The molecule has 1 amide bonds. The van der Waals surface area contributed by atoms with E-state index in [0.717, 1.165) is 0 Å². The maximum absolute atomic E-state index is 12.4. The summed E-state index contributed by atoms with van der Waals surface area (Å²) in [5, 5.41) is 0. The number of para-hydroxylation sites is 1. The highest BCUT2D eigenvalue weighted by Gasteiger charge is 2.32. The second-order valence-corrected chi connectivity index (χ2v) is 4.98. The summed E-state index contributed by atoms with van der Waals surface area (Å²) in [5.41, 5.74) is 0.290. The van der Waals surface area contributed by atoms with Gasteiger partial charge in [-0.15, -0.1) is 13.2 Å². The fourth-order valence-corrected chi connectivity index (χ4v) is 2.08. The number of hydrogen-bond acceptors (Lipinski definition) is 3. The second-order valence-electron chi connectivity index (χ2n) is 4.98. The lowest BCUT2D eigenvalue weighted by Crippen LogP contribution is -2.27. The molecule has 124 valence electrons. The van der Waals surface area contributed by atoms with Gasteiger partial charge in [0.15, 0.2) is 0 Å². The zero-order valence-electron chi connectivity index (χ0n) is 12.5. The van der Waals surface area contributed by atoms with Gasteiger partial charge >= 0.3 is 6.36 Å². The van der Waals surface area contributed by atoms with Crippen LogP contribution in [0.5, 0.6) is 5.75 Å². The molecule has 23 heavy (non-hydrogen) atoms. The van der Waals surface area contributed by atoms with E-state index in [4.69, 9.17) is 4.42 Å². The van der Waals surface area contributed by atoms with Gasteiger partial charge in [-0.1, -0.05) is 18.2 Å². The summed E-state index contributed by atoms with van der Waals surface area (Å²) >= 11 is 0. The van der Waals surface area contributed by atoms with Crippen LogP contribution in [0.15, 0.2) is 47.1 Å². The number of amides is 1. The van der Waals surface area contributed by atoms with Gasteiger partial charge in [0.25, 0.3) is 0 Å². The molecule has 0 bridgehead atoms. The molecule has 0 radical (unpaired) electrons. The van der Waals surface area contributed by atoms with Crippen molar-refractivity contribution in [2.45, 2.75) is 25.7 Å². The molecular formula is C16H16F3NO3. The van der Waals surface area contributed by atoms with E-state index in [0.29, 0.717) is 17.7 Å². The third-order valence-corrected chi connectivity index (χ3v) is 3.20. The average molecular weight is 327 g/mol. The monoisotopic (exact) mass is 327 g/mol. The smallest absolute Gasteiger partial charge is 0.469 e. The largest absolute Gasteiger partial charge is 0.573 e. The number of carbonyl (C=O) groups excluding carboxylic acids is 1. The Hall–Kier alpha value is -2.44. The third kappa shape index (κ3) is 5.36. The van der Waals surface area contributed by atoms with Crippen LogP contribution in [-0.4, -0.2) is 24.2 Å². The molecule has 1 heterocycles. The quantitative estimate of drug-likeness (QED) is 0.811. The molecule has 0 atom stereocenters. The number of carbonyl (C=O) groups is 1. The summed E-state index contributed by atoms with van der Waals surface area (Å²) in [5.74, 6) is 0.196. The highest BCUT2D eigenvalue weighted by Crippen LogP contribution is 2.27. The van der Waals surface area contributed by atoms with Crippen LogP contribution in [0.25, 0.3) is 0 Å². The van der Waals surface area contributed by atoms with Gasteiger partial charge in [0, 0.05) is 32.0 Å². The predicted octanol–water partition coefficient (Wildman–Crippen LogP) is 3.77. The molecule has 0 saturated carbocycles. The highest BCUT2D eigenvalue weighted by molar-refractivity contribution is 5.76. The Labute approximate surface area is 131 Å². The molecule has 0 saturated heterocycles. The first kappa shape index (κ1) is 16.9. The molecule has 7 heteroatoms. The number of aryl methyl sites for hydroxylation is 1. The molecule has 2 rings (SSSR count). The van der Waals surface area contributed by atoms with E-state index in [-0.39, 0.29) is 24.6 Å². The number of halogens is 3. The van der Waals surface area contributed by atoms with Gasteiger partial charge in [-0.3, -0.25) is 4.79 Å². The van der Waals surface area contributed by atoms with Crippen molar-refractivity contribution in [1.29, 1.82) is 0 Å². The Morgan fingerprint density at radius 2 is 1.96 bits per heavy atom. The number of ether oxygens (including phenoxy) is 1. The van der Waals surface area contributed by atoms with Crippen LogP contribution in [0.4, 0.5) is 13.2 Å². The molecule has 0 fully saturated rings. The Morgan fingerprint density at radius 1 is 1.22 bits per heavy atom. The number of rotatable bonds is 6. The van der Waals surface area contributed by atoms with Crippen molar-refractivity contribution in [3.8, 4) is 5.75 Å². The van der Waals surface area contributed by atoms with Crippen molar-refractivity contribution in [3.05, 3.63) is 54.0 Å². The summed E-state index contributed by atoms with van der Waals surface area (Å²) in [7, 11) is 1.54. The fourth-order valence-electron chi connectivity index (χ4n) is 2.08. The molecule has 0 spiro atoms. The van der Waals surface area contributed by atoms with Crippen molar-refractivity contribution < 1.29 is 27.1 Å². The first-order valence-corrected chi connectivity index (χ1v) is 6.95. The molecule has 0 aliphatic carbocycles. The van der Waals surface area contributed by atoms with Crippen molar-refractivity contribution in [3.63, 3.8) is 0 Å². The van der Waals surface area contributed by atoms with Gasteiger partial charge in [0.2, 0.25) is 5.91 Å². The highest BCUT2D eigenvalue weighted by atomic mass is 19.4. The predicted molar refractivity (Wildman–Crippen MR) is 76.6 cm³/mol. The van der Waals surface area contributed by atoms with Crippen LogP contribution in [0.3, 0.4) is 0 Å². The van der Waals surface area contributed by atoms with E-state index in [1.165, 1.54) is 36.4 Å². The maximum Gasteiger partial charge on any atom is 0.573 e. The van der Waals surface area contributed by atoms with Gasteiger partial charge in [-0.25, -0.2) is 0 Å². The Bertz CT molecular complexity index is 638. The minimum atomic E-state index is -4.77. The molecule has 0 unspecified atom stereocenters. The SMILES string of the molecule is CN(Cc1ccccc1OC(F)(F)F)C(=O)CCc1ccco1. The van der Waals surface area contributed by atoms with Crippen molar-refractivity contribution in [2.24, 2.45) is 0 Å². The summed E-state index contributed by atoms with van der Waals surface area (Å²) in [4.78, 5) is 13.4. The molecule has 1 aromatic carbocycles. The maximum atomic E-state index is 12.4. The normalized spacial score (nSPS) is 11.3. The van der Waals surface area contributed by atoms with Gasteiger partial charge in [-0.05, 0) is 18.2 Å². The van der Waals surface area contributed by atoms with Gasteiger partial charge < -0.3 is 14.1 Å².